The highest BCUT2D eigenvalue weighted by Crippen LogP contribution is 2.41. The zero-order valence-corrected chi connectivity index (χ0v) is 15.0. The quantitative estimate of drug-likeness (QED) is 0.423. The van der Waals surface area contributed by atoms with Crippen LogP contribution in [0.3, 0.4) is 0 Å². The molecule has 0 aliphatic heterocycles. The molecule has 0 unspecified atom stereocenters. The van der Waals surface area contributed by atoms with E-state index in [1.807, 2.05) is 30.1 Å². The average molecular weight is 351 g/mol. The van der Waals surface area contributed by atoms with Gasteiger partial charge in [0.1, 0.15) is 18.2 Å². The minimum atomic E-state index is 0.857. The van der Waals surface area contributed by atoms with Crippen LogP contribution in [0.2, 0.25) is 0 Å². The van der Waals surface area contributed by atoms with Gasteiger partial charge in [-0.05, 0) is 11.1 Å². The lowest BCUT2D eigenvalue weighted by atomic mass is 9.96. The first-order chi connectivity index (χ1) is 13.3. The second kappa shape index (κ2) is 6.29. The Morgan fingerprint density at radius 1 is 0.704 bits per heavy atom. The minimum absolute atomic E-state index is 0.857. The van der Waals surface area contributed by atoms with Crippen LogP contribution < -0.4 is 4.57 Å². The Labute approximate surface area is 157 Å². The molecule has 0 aliphatic carbocycles. The molecule has 5 rings (SSSR count). The number of nitrogens with one attached hydrogen (secondary N) is 1. The second-order valence-electron chi connectivity index (χ2n) is 6.64. The number of aromatic nitrogens is 2. The summed E-state index contributed by atoms with van der Waals surface area (Å²) in [5, 5.41) is 2.22. The number of hydrogen-bond acceptors (Lipinski definition) is 1. The maximum atomic E-state index is 6.49. The van der Waals surface area contributed by atoms with Crippen LogP contribution in [0, 0.1) is 0 Å². The fourth-order valence-corrected chi connectivity index (χ4v) is 3.65. The van der Waals surface area contributed by atoms with E-state index in [4.69, 9.17) is 4.42 Å². The fraction of sp³-hybridized carbons (Fsp3) is 0.0417. The molecule has 0 aliphatic rings. The van der Waals surface area contributed by atoms with Crippen molar-refractivity contribution in [1.29, 1.82) is 0 Å². The largest absolute Gasteiger partial charge is 0.447 e. The van der Waals surface area contributed by atoms with Crippen molar-refractivity contribution in [2.75, 3.05) is 0 Å². The number of furan rings is 1. The molecule has 2 aromatic heterocycles. The fourth-order valence-electron chi connectivity index (χ4n) is 3.65. The summed E-state index contributed by atoms with van der Waals surface area (Å²) < 4.78 is 8.53. The van der Waals surface area contributed by atoms with Gasteiger partial charge in [0, 0.05) is 16.3 Å². The van der Waals surface area contributed by atoms with Crippen LogP contribution in [0.25, 0.3) is 44.8 Å². The van der Waals surface area contributed by atoms with Gasteiger partial charge >= 0.3 is 5.82 Å². The molecule has 3 heteroatoms. The summed E-state index contributed by atoms with van der Waals surface area (Å²) in [5.74, 6) is 2.71. The highest BCUT2D eigenvalue weighted by molar-refractivity contribution is 6.03. The van der Waals surface area contributed by atoms with Crippen molar-refractivity contribution in [3.05, 3.63) is 91.3 Å². The lowest BCUT2D eigenvalue weighted by molar-refractivity contribution is -0.659. The lowest BCUT2D eigenvalue weighted by Crippen LogP contribution is -2.27. The molecule has 5 aromatic rings. The van der Waals surface area contributed by atoms with E-state index in [2.05, 4.69) is 77.8 Å². The van der Waals surface area contributed by atoms with Crippen molar-refractivity contribution < 1.29 is 8.98 Å². The average Bonchev–Trinajstić information content (AvgIpc) is 3.32. The zero-order chi connectivity index (χ0) is 18.2. The molecular formula is C24H19N2O+. The molecule has 0 fully saturated rings. The SMILES string of the molecule is C[n+]1cc[nH]c1-c1oc(-c2ccccc2-c2ccccc2)c2ccccc12. The van der Waals surface area contributed by atoms with Gasteiger partial charge in [0.05, 0.1) is 7.05 Å². The number of aromatic amines is 1. The maximum absolute atomic E-state index is 6.49. The zero-order valence-electron chi connectivity index (χ0n) is 15.0. The molecule has 0 saturated heterocycles. The molecule has 27 heavy (non-hydrogen) atoms. The van der Waals surface area contributed by atoms with Crippen molar-refractivity contribution >= 4 is 10.8 Å². The van der Waals surface area contributed by atoms with Crippen molar-refractivity contribution in [2.24, 2.45) is 7.05 Å². The van der Waals surface area contributed by atoms with Crippen molar-refractivity contribution in [1.82, 2.24) is 4.98 Å². The van der Waals surface area contributed by atoms with E-state index in [1.54, 1.807) is 0 Å². The van der Waals surface area contributed by atoms with E-state index >= 15 is 0 Å². The molecule has 0 bridgehead atoms. The van der Waals surface area contributed by atoms with Gasteiger partial charge in [0.15, 0.2) is 0 Å². The van der Waals surface area contributed by atoms with Gasteiger partial charge in [-0.1, -0.05) is 78.9 Å². The van der Waals surface area contributed by atoms with Gasteiger partial charge < -0.3 is 4.42 Å². The van der Waals surface area contributed by atoms with Gasteiger partial charge in [-0.3, -0.25) is 0 Å². The summed E-state index contributed by atoms with van der Waals surface area (Å²) in [6.45, 7) is 0. The van der Waals surface area contributed by atoms with Crippen LogP contribution >= 0.6 is 0 Å². The predicted molar refractivity (Wildman–Crippen MR) is 108 cm³/mol. The smallest absolute Gasteiger partial charge is 0.323 e. The maximum Gasteiger partial charge on any atom is 0.323 e. The van der Waals surface area contributed by atoms with E-state index in [-0.39, 0.29) is 0 Å². The van der Waals surface area contributed by atoms with Gasteiger partial charge in [-0.2, -0.15) is 0 Å². The number of imidazole rings is 1. The summed E-state index contributed by atoms with van der Waals surface area (Å²) >= 11 is 0. The Morgan fingerprint density at radius 3 is 2.04 bits per heavy atom. The van der Waals surface area contributed by atoms with Crippen molar-refractivity contribution in [3.8, 4) is 34.0 Å². The Morgan fingerprint density at radius 2 is 1.33 bits per heavy atom. The van der Waals surface area contributed by atoms with E-state index < -0.39 is 0 Å². The number of hydrogen-bond donors (Lipinski definition) is 1. The molecular weight excluding hydrogens is 332 g/mol. The first kappa shape index (κ1) is 15.6. The molecule has 3 nitrogen and oxygen atoms in total. The molecule has 0 saturated carbocycles. The van der Waals surface area contributed by atoms with Crippen LogP contribution in [-0.4, -0.2) is 4.98 Å². The van der Waals surface area contributed by atoms with Crippen LogP contribution in [-0.2, 0) is 7.05 Å². The van der Waals surface area contributed by atoms with E-state index in [1.165, 1.54) is 11.1 Å². The first-order valence-electron chi connectivity index (χ1n) is 9.02. The van der Waals surface area contributed by atoms with Gasteiger partial charge in [0.2, 0.25) is 5.76 Å². The Kier molecular flexibility index (Phi) is 3.65. The Bertz CT molecular complexity index is 1230. The number of nitrogens with zero attached hydrogens (tertiary/aromatic N) is 1. The summed E-state index contributed by atoms with van der Waals surface area (Å²) in [7, 11) is 2.01. The molecule has 130 valence electrons. The van der Waals surface area contributed by atoms with E-state index in [9.17, 15) is 0 Å². The Hall–Kier alpha value is -3.59. The highest BCUT2D eigenvalue weighted by Gasteiger charge is 2.23. The van der Waals surface area contributed by atoms with Gasteiger partial charge in [0.25, 0.3) is 0 Å². The Balaban J connectivity index is 1.80. The van der Waals surface area contributed by atoms with Crippen LogP contribution in [0.15, 0.2) is 95.7 Å². The number of benzene rings is 3. The molecule has 2 heterocycles. The minimum Gasteiger partial charge on any atom is -0.447 e. The van der Waals surface area contributed by atoms with Crippen LogP contribution in [0.5, 0.6) is 0 Å². The number of aryl methyl sites for hydroxylation is 1. The third-order valence-electron chi connectivity index (χ3n) is 4.96. The van der Waals surface area contributed by atoms with Crippen molar-refractivity contribution in [2.45, 2.75) is 0 Å². The van der Waals surface area contributed by atoms with Gasteiger partial charge in [-0.25, -0.2) is 9.55 Å². The molecule has 3 aromatic carbocycles. The normalized spacial score (nSPS) is 11.1. The summed E-state index contributed by atoms with van der Waals surface area (Å²) in [6.07, 6.45) is 3.91. The van der Waals surface area contributed by atoms with Gasteiger partial charge in [-0.15, -0.1) is 0 Å². The highest BCUT2D eigenvalue weighted by atomic mass is 16.3. The first-order valence-corrected chi connectivity index (χ1v) is 9.02. The third-order valence-corrected chi connectivity index (χ3v) is 4.96. The third kappa shape index (κ3) is 2.56. The number of rotatable bonds is 3. The lowest BCUT2D eigenvalue weighted by Gasteiger charge is -2.08. The summed E-state index contributed by atoms with van der Waals surface area (Å²) in [5.41, 5.74) is 3.45. The molecule has 0 spiro atoms. The summed E-state index contributed by atoms with van der Waals surface area (Å²) in [6, 6.07) is 27.2. The second-order valence-corrected chi connectivity index (χ2v) is 6.64. The molecule has 0 amide bonds. The summed E-state index contributed by atoms with van der Waals surface area (Å²) in [4.78, 5) is 3.29. The monoisotopic (exact) mass is 351 g/mol. The van der Waals surface area contributed by atoms with Crippen molar-refractivity contribution in [3.63, 3.8) is 0 Å². The molecule has 0 radical (unpaired) electrons. The number of fused-ring (bicyclic) bond motifs is 1. The topological polar surface area (TPSA) is 32.8 Å². The predicted octanol–water partition coefficient (Wildman–Crippen LogP) is 5.59. The molecule has 0 atom stereocenters. The molecule has 1 N–H and O–H groups in total. The van der Waals surface area contributed by atoms with E-state index in [0.29, 0.717) is 0 Å². The number of H-pyrrole nitrogens is 1. The van der Waals surface area contributed by atoms with Crippen LogP contribution in [0.4, 0.5) is 0 Å². The standard InChI is InChI=1S/C24H18N2O/c1-26-16-15-25-24(26)23-21-14-8-7-13-20(21)22(27-23)19-12-6-5-11-18(19)17-9-3-2-4-10-17/h2-16H,1H3/p+1. The van der Waals surface area contributed by atoms with Crippen LogP contribution in [0.1, 0.15) is 0 Å². The van der Waals surface area contributed by atoms with E-state index in [0.717, 1.165) is 33.7 Å².